The zero-order valence-electron chi connectivity index (χ0n) is 8.70. The minimum absolute atomic E-state index is 0.361. The van der Waals surface area contributed by atoms with Gasteiger partial charge < -0.3 is 10.4 Å². The monoisotopic (exact) mass is 197 g/mol. The van der Waals surface area contributed by atoms with Crippen molar-refractivity contribution in [2.45, 2.75) is 32.2 Å². The first-order valence-electron chi connectivity index (χ1n) is 5.22. The van der Waals surface area contributed by atoms with Crippen molar-refractivity contribution >= 4 is 5.97 Å². The highest BCUT2D eigenvalue weighted by Crippen LogP contribution is 2.26. The minimum atomic E-state index is -0.726. The van der Waals surface area contributed by atoms with Gasteiger partial charge in [-0.15, -0.1) is 6.58 Å². The van der Waals surface area contributed by atoms with E-state index in [4.69, 9.17) is 5.11 Å². The van der Waals surface area contributed by atoms with Crippen LogP contribution in [0.1, 0.15) is 26.2 Å². The molecule has 3 nitrogen and oxygen atoms in total. The van der Waals surface area contributed by atoms with Gasteiger partial charge in [0.2, 0.25) is 0 Å². The highest BCUT2D eigenvalue weighted by atomic mass is 16.4. The van der Waals surface area contributed by atoms with Gasteiger partial charge in [0.05, 0.1) is 0 Å². The predicted octanol–water partition coefficient (Wildman–Crippen LogP) is 1.65. The summed E-state index contributed by atoms with van der Waals surface area (Å²) in [6.07, 6.45) is 4.71. The van der Waals surface area contributed by atoms with Gasteiger partial charge in [-0.05, 0) is 37.6 Å². The maximum Gasteiger partial charge on any atom is 0.320 e. The molecule has 0 radical (unpaired) electrons. The van der Waals surface area contributed by atoms with Gasteiger partial charge in [0.1, 0.15) is 6.04 Å². The van der Waals surface area contributed by atoms with E-state index in [1.165, 1.54) is 0 Å². The van der Waals surface area contributed by atoms with Crippen LogP contribution in [-0.2, 0) is 4.79 Å². The van der Waals surface area contributed by atoms with E-state index in [0.29, 0.717) is 11.8 Å². The van der Waals surface area contributed by atoms with Crippen LogP contribution in [0.2, 0.25) is 0 Å². The normalized spacial score (nSPS) is 33.4. The molecule has 0 spiro atoms. The quantitative estimate of drug-likeness (QED) is 0.676. The zero-order chi connectivity index (χ0) is 10.6. The van der Waals surface area contributed by atoms with Crippen molar-refractivity contribution in [1.29, 1.82) is 0 Å². The Balaban J connectivity index is 2.55. The topological polar surface area (TPSA) is 49.3 Å². The molecule has 1 rings (SSSR count). The van der Waals surface area contributed by atoms with Crippen LogP contribution in [0.4, 0.5) is 0 Å². The first-order chi connectivity index (χ1) is 6.65. The lowest BCUT2D eigenvalue weighted by Crippen LogP contribution is -2.36. The third kappa shape index (κ3) is 2.84. The largest absolute Gasteiger partial charge is 0.480 e. The fraction of sp³-hybridized carbons (Fsp3) is 0.727. The van der Waals surface area contributed by atoms with Gasteiger partial charge in [0.25, 0.3) is 0 Å². The number of carboxylic acids is 1. The van der Waals surface area contributed by atoms with Crippen LogP contribution in [0.25, 0.3) is 0 Å². The summed E-state index contributed by atoms with van der Waals surface area (Å²) in [5.74, 6) is 0.324. The first kappa shape index (κ1) is 11.2. The van der Waals surface area contributed by atoms with E-state index in [0.717, 1.165) is 25.8 Å². The molecule has 1 fully saturated rings. The minimum Gasteiger partial charge on any atom is -0.480 e. The standard InChI is InChI=1S/C11H19NO2/c1-3-4-9-5-6-12-10(11(13)14)7-8(9)2/h3,8-10,12H,1,4-7H2,2H3,(H,13,14). The second-order valence-corrected chi connectivity index (χ2v) is 4.13. The van der Waals surface area contributed by atoms with Crippen molar-refractivity contribution < 1.29 is 9.90 Å². The Kier molecular flexibility index (Phi) is 4.14. The molecule has 1 aliphatic heterocycles. The SMILES string of the molecule is C=CCC1CCNC(C(=O)O)CC1C. The fourth-order valence-corrected chi connectivity index (χ4v) is 2.13. The smallest absolute Gasteiger partial charge is 0.320 e. The van der Waals surface area contributed by atoms with Gasteiger partial charge in [-0.1, -0.05) is 13.0 Å². The van der Waals surface area contributed by atoms with E-state index in [1.54, 1.807) is 0 Å². The molecular weight excluding hydrogens is 178 g/mol. The molecule has 0 saturated carbocycles. The van der Waals surface area contributed by atoms with Crippen LogP contribution in [0.5, 0.6) is 0 Å². The number of hydrogen-bond acceptors (Lipinski definition) is 2. The van der Waals surface area contributed by atoms with Crippen LogP contribution in [0.3, 0.4) is 0 Å². The number of rotatable bonds is 3. The van der Waals surface area contributed by atoms with Crippen LogP contribution >= 0.6 is 0 Å². The molecule has 0 aliphatic carbocycles. The number of carboxylic acid groups (broad SMARTS) is 1. The number of carbonyl (C=O) groups is 1. The molecule has 0 bridgehead atoms. The lowest BCUT2D eigenvalue weighted by atomic mass is 9.85. The molecule has 0 aromatic carbocycles. The van der Waals surface area contributed by atoms with E-state index in [2.05, 4.69) is 18.8 Å². The van der Waals surface area contributed by atoms with Gasteiger partial charge in [-0.3, -0.25) is 4.79 Å². The Bertz CT molecular complexity index is 215. The Morgan fingerprint density at radius 2 is 2.43 bits per heavy atom. The summed E-state index contributed by atoms with van der Waals surface area (Å²) in [6, 6.07) is -0.361. The Hall–Kier alpha value is -0.830. The second kappa shape index (κ2) is 5.15. The number of hydrogen-bond donors (Lipinski definition) is 2. The van der Waals surface area contributed by atoms with E-state index >= 15 is 0 Å². The molecule has 14 heavy (non-hydrogen) atoms. The van der Waals surface area contributed by atoms with Gasteiger partial charge in [-0.2, -0.15) is 0 Å². The van der Waals surface area contributed by atoms with E-state index < -0.39 is 5.97 Å². The van der Waals surface area contributed by atoms with E-state index in [9.17, 15) is 4.79 Å². The molecule has 1 aliphatic rings. The summed E-state index contributed by atoms with van der Waals surface area (Å²) in [4.78, 5) is 10.8. The molecule has 80 valence electrons. The molecule has 1 heterocycles. The highest BCUT2D eigenvalue weighted by Gasteiger charge is 2.27. The van der Waals surface area contributed by atoms with Gasteiger partial charge in [0.15, 0.2) is 0 Å². The predicted molar refractivity (Wildman–Crippen MR) is 56.1 cm³/mol. The molecule has 1 saturated heterocycles. The highest BCUT2D eigenvalue weighted by molar-refractivity contribution is 5.73. The summed E-state index contributed by atoms with van der Waals surface area (Å²) in [6.45, 7) is 6.68. The third-order valence-electron chi connectivity index (χ3n) is 3.09. The van der Waals surface area contributed by atoms with Gasteiger partial charge >= 0.3 is 5.97 Å². The average molecular weight is 197 g/mol. The molecular formula is C11H19NO2. The molecule has 3 atom stereocenters. The third-order valence-corrected chi connectivity index (χ3v) is 3.09. The Labute approximate surface area is 85.2 Å². The summed E-state index contributed by atoms with van der Waals surface area (Å²) >= 11 is 0. The van der Waals surface area contributed by atoms with Crippen molar-refractivity contribution in [3.63, 3.8) is 0 Å². The number of nitrogens with one attached hydrogen (secondary N) is 1. The maximum atomic E-state index is 10.8. The number of aliphatic carboxylic acids is 1. The lowest BCUT2D eigenvalue weighted by molar-refractivity contribution is -0.139. The lowest BCUT2D eigenvalue weighted by Gasteiger charge is -2.20. The van der Waals surface area contributed by atoms with Crippen molar-refractivity contribution in [3.8, 4) is 0 Å². The Morgan fingerprint density at radius 1 is 1.71 bits per heavy atom. The molecule has 0 aromatic heterocycles. The summed E-state index contributed by atoms with van der Waals surface area (Å²) in [5, 5.41) is 12.0. The molecule has 0 aromatic rings. The number of allylic oxidation sites excluding steroid dienone is 1. The van der Waals surface area contributed by atoms with Crippen LogP contribution in [0.15, 0.2) is 12.7 Å². The first-order valence-corrected chi connectivity index (χ1v) is 5.22. The van der Waals surface area contributed by atoms with Crippen LogP contribution in [0, 0.1) is 11.8 Å². The molecule has 3 unspecified atom stereocenters. The zero-order valence-corrected chi connectivity index (χ0v) is 8.70. The molecule has 0 amide bonds. The van der Waals surface area contributed by atoms with Gasteiger partial charge in [-0.25, -0.2) is 0 Å². The van der Waals surface area contributed by atoms with E-state index in [-0.39, 0.29) is 6.04 Å². The summed E-state index contributed by atoms with van der Waals surface area (Å²) < 4.78 is 0. The summed E-state index contributed by atoms with van der Waals surface area (Å²) in [5.41, 5.74) is 0. The van der Waals surface area contributed by atoms with Gasteiger partial charge in [0, 0.05) is 0 Å². The van der Waals surface area contributed by atoms with Crippen molar-refractivity contribution in [3.05, 3.63) is 12.7 Å². The van der Waals surface area contributed by atoms with Crippen LogP contribution in [-0.4, -0.2) is 23.7 Å². The van der Waals surface area contributed by atoms with Crippen LogP contribution < -0.4 is 5.32 Å². The molecule has 3 heteroatoms. The van der Waals surface area contributed by atoms with E-state index in [1.807, 2.05) is 6.08 Å². The van der Waals surface area contributed by atoms with Crippen molar-refractivity contribution in [2.75, 3.05) is 6.54 Å². The second-order valence-electron chi connectivity index (χ2n) is 4.13. The fourth-order valence-electron chi connectivity index (χ4n) is 2.13. The average Bonchev–Trinajstić information content (AvgIpc) is 2.30. The maximum absolute atomic E-state index is 10.8. The Morgan fingerprint density at radius 3 is 3.00 bits per heavy atom. The summed E-state index contributed by atoms with van der Waals surface area (Å²) in [7, 11) is 0. The van der Waals surface area contributed by atoms with Crippen molar-refractivity contribution in [1.82, 2.24) is 5.32 Å². The van der Waals surface area contributed by atoms with Crippen molar-refractivity contribution in [2.24, 2.45) is 11.8 Å². The molecule has 2 N–H and O–H groups in total.